The first-order chi connectivity index (χ1) is 7.45. The minimum Gasteiger partial charge on any atom is -0.311 e. The molecule has 80 valence electrons. The van der Waals surface area contributed by atoms with Gasteiger partial charge in [-0.1, -0.05) is 55.3 Å². The monoisotopic (exact) mass is 201 g/mol. The number of hydrogen-bond acceptors (Lipinski definition) is 1. The van der Waals surface area contributed by atoms with Gasteiger partial charge >= 0.3 is 0 Å². The van der Waals surface area contributed by atoms with E-state index in [0.717, 1.165) is 0 Å². The molecule has 0 bridgehead atoms. The third-order valence-corrected chi connectivity index (χ3v) is 2.92. The minimum absolute atomic E-state index is 0.577. The summed E-state index contributed by atoms with van der Waals surface area (Å²) in [7, 11) is 0. The van der Waals surface area contributed by atoms with Crippen LogP contribution in [-0.2, 0) is 0 Å². The molecule has 1 fully saturated rings. The Bertz CT molecular complexity index is 294. The molecule has 0 amide bonds. The van der Waals surface area contributed by atoms with Crippen LogP contribution in [0.25, 0.3) is 6.08 Å². The summed E-state index contributed by atoms with van der Waals surface area (Å²) in [5.41, 5.74) is 1.29. The van der Waals surface area contributed by atoms with Crippen LogP contribution in [0, 0.1) is 0 Å². The Balaban J connectivity index is 1.92. The molecule has 1 nitrogen and oxygen atoms in total. The van der Waals surface area contributed by atoms with Gasteiger partial charge in [0, 0.05) is 6.04 Å². The topological polar surface area (TPSA) is 12.0 Å². The third kappa shape index (κ3) is 3.52. The van der Waals surface area contributed by atoms with Crippen LogP contribution in [-0.4, -0.2) is 12.6 Å². The molecule has 1 N–H and O–H groups in total. The van der Waals surface area contributed by atoms with Crippen LogP contribution >= 0.6 is 0 Å². The second kappa shape index (κ2) is 5.72. The fourth-order valence-electron chi connectivity index (χ4n) is 2.01. The first kappa shape index (κ1) is 10.4. The van der Waals surface area contributed by atoms with E-state index in [4.69, 9.17) is 0 Å². The molecule has 1 heteroatoms. The van der Waals surface area contributed by atoms with Gasteiger partial charge in [-0.2, -0.15) is 0 Å². The third-order valence-electron chi connectivity index (χ3n) is 2.92. The van der Waals surface area contributed by atoms with Gasteiger partial charge in [0.1, 0.15) is 0 Å². The van der Waals surface area contributed by atoms with Crippen molar-refractivity contribution in [2.24, 2.45) is 0 Å². The van der Waals surface area contributed by atoms with Gasteiger partial charge in [-0.05, 0) is 24.9 Å². The highest BCUT2D eigenvalue weighted by Crippen LogP contribution is 2.11. The summed E-state index contributed by atoms with van der Waals surface area (Å²) in [5.74, 6) is 0. The van der Waals surface area contributed by atoms with Crippen LogP contribution in [0.4, 0.5) is 0 Å². The van der Waals surface area contributed by atoms with Crippen molar-refractivity contribution < 1.29 is 0 Å². The predicted octanol–water partition coefficient (Wildman–Crippen LogP) is 3.23. The molecule has 15 heavy (non-hydrogen) atoms. The molecular formula is C14H19N. The van der Waals surface area contributed by atoms with E-state index in [1.54, 1.807) is 0 Å². The van der Waals surface area contributed by atoms with Crippen molar-refractivity contribution in [3.8, 4) is 0 Å². The normalized spacial score (nSPS) is 22.8. The van der Waals surface area contributed by atoms with Gasteiger partial charge in [-0.3, -0.25) is 0 Å². The van der Waals surface area contributed by atoms with Gasteiger partial charge in [0.2, 0.25) is 0 Å². The second-order valence-corrected chi connectivity index (χ2v) is 4.18. The first-order valence-corrected chi connectivity index (χ1v) is 5.92. The maximum Gasteiger partial charge on any atom is 0.0253 e. The van der Waals surface area contributed by atoms with Gasteiger partial charge in [0.15, 0.2) is 0 Å². The van der Waals surface area contributed by atoms with E-state index in [-0.39, 0.29) is 0 Å². The molecule has 1 aromatic carbocycles. The first-order valence-electron chi connectivity index (χ1n) is 5.92. The van der Waals surface area contributed by atoms with E-state index in [1.807, 2.05) is 0 Å². The summed E-state index contributed by atoms with van der Waals surface area (Å²) < 4.78 is 0. The lowest BCUT2D eigenvalue weighted by Crippen LogP contribution is -2.25. The van der Waals surface area contributed by atoms with Crippen LogP contribution < -0.4 is 5.32 Å². The molecule has 0 unspecified atom stereocenters. The van der Waals surface area contributed by atoms with Gasteiger partial charge < -0.3 is 5.32 Å². The molecule has 0 radical (unpaired) electrons. The highest BCUT2D eigenvalue weighted by molar-refractivity contribution is 5.49. The van der Waals surface area contributed by atoms with Crippen molar-refractivity contribution in [3.63, 3.8) is 0 Å². The zero-order chi connectivity index (χ0) is 10.3. The number of benzene rings is 1. The zero-order valence-electron chi connectivity index (χ0n) is 9.15. The maximum absolute atomic E-state index is 3.57. The van der Waals surface area contributed by atoms with Gasteiger partial charge in [-0.25, -0.2) is 0 Å². The van der Waals surface area contributed by atoms with E-state index in [1.165, 1.54) is 37.8 Å². The standard InChI is InChI=1S/C14H19N/c1-3-7-13(8-4-1)10-11-14-9-5-2-6-12-15-14/h1,3-4,7-8,10-11,14-15H,2,5-6,9,12H2/b11-10+/t14-/m1/s1. The second-order valence-electron chi connectivity index (χ2n) is 4.18. The van der Waals surface area contributed by atoms with Crippen molar-refractivity contribution in [1.82, 2.24) is 5.32 Å². The molecule has 1 heterocycles. The van der Waals surface area contributed by atoms with E-state index >= 15 is 0 Å². The van der Waals surface area contributed by atoms with Crippen molar-refractivity contribution in [1.29, 1.82) is 0 Å². The Morgan fingerprint density at radius 1 is 1.07 bits per heavy atom. The van der Waals surface area contributed by atoms with E-state index in [2.05, 4.69) is 47.8 Å². The lowest BCUT2D eigenvalue weighted by Gasteiger charge is -2.09. The van der Waals surface area contributed by atoms with E-state index in [9.17, 15) is 0 Å². The van der Waals surface area contributed by atoms with Crippen molar-refractivity contribution >= 4 is 6.08 Å². The minimum atomic E-state index is 0.577. The molecule has 1 aliphatic rings. The molecule has 0 aliphatic carbocycles. The van der Waals surface area contributed by atoms with E-state index < -0.39 is 0 Å². The number of nitrogens with one attached hydrogen (secondary N) is 1. The van der Waals surface area contributed by atoms with Gasteiger partial charge in [-0.15, -0.1) is 0 Å². The highest BCUT2D eigenvalue weighted by atomic mass is 14.9. The summed E-state index contributed by atoms with van der Waals surface area (Å²) in [4.78, 5) is 0. The SMILES string of the molecule is C(=C\[C@H]1CCCCCN1)/c1ccccc1. The smallest absolute Gasteiger partial charge is 0.0253 e. The van der Waals surface area contributed by atoms with Crippen LogP contribution in [0.2, 0.25) is 0 Å². The Hall–Kier alpha value is -1.08. The summed E-state index contributed by atoms with van der Waals surface area (Å²) in [6.45, 7) is 1.17. The van der Waals surface area contributed by atoms with Crippen molar-refractivity contribution in [2.45, 2.75) is 31.7 Å². The molecular weight excluding hydrogens is 182 g/mol. The summed E-state index contributed by atoms with van der Waals surface area (Å²) in [6, 6.07) is 11.1. The largest absolute Gasteiger partial charge is 0.311 e. The Kier molecular flexibility index (Phi) is 3.98. The highest BCUT2D eigenvalue weighted by Gasteiger charge is 2.06. The molecule has 0 aromatic heterocycles. The van der Waals surface area contributed by atoms with Crippen LogP contribution in [0.5, 0.6) is 0 Å². The number of hydrogen-bond donors (Lipinski definition) is 1. The molecule has 1 saturated heterocycles. The lowest BCUT2D eigenvalue weighted by molar-refractivity contribution is 0.599. The quantitative estimate of drug-likeness (QED) is 0.774. The number of rotatable bonds is 2. The molecule has 1 aliphatic heterocycles. The van der Waals surface area contributed by atoms with Crippen molar-refractivity contribution in [2.75, 3.05) is 6.54 Å². The van der Waals surface area contributed by atoms with E-state index in [0.29, 0.717) is 6.04 Å². The van der Waals surface area contributed by atoms with Crippen LogP contribution in [0.3, 0.4) is 0 Å². The average molecular weight is 201 g/mol. The molecule has 0 saturated carbocycles. The van der Waals surface area contributed by atoms with Gasteiger partial charge in [0.25, 0.3) is 0 Å². The predicted molar refractivity (Wildman–Crippen MR) is 65.7 cm³/mol. The molecule has 1 aromatic rings. The molecule has 2 rings (SSSR count). The molecule has 0 spiro atoms. The van der Waals surface area contributed by atoms with Gasteiger partial charge in [0.05, 0.1) is 0 Å². The summed E-state index contributed by atoms with van der Waals surface area (Å²) in [5, 5.41) is 3.57. The zero-order valence-corrected chi connectivity index (χ0v) is 9.15. The summed E-state index contributed by atoms with van der Waals surface area (Å²) >= 11 is 0. The van der Waals surface area contributed by atoms with Crippen molar-refractivity contribution in [3.05, 3.63) is 42.0 Å². The lowest BCUT2D eigenvalue weighted by atomic mass is 10.1. The Labute approximate surface area is 92.2 Å². The summed E-state index contributed by atoms with van der Waals surface area (Å²) in [6.07, 6.45) is 9.88. The maximum atomic E-state index is 3.57. The molecule has 1 atom stereocenters. The fraction of sp³-hybridized carbons (Fsp3) is 0.429. The Morgan fingerprint density at radius 2 is 1.93 bits per heavy atom. The fourth-order valence-corrected chi connectivity index (χ4v) is 2.01. The van der Waals surface area contributed by atoms with Crippen LogP contribution in [0.15, 0.2) is 36.4 Å². The average Bonchev–Trinajstić information content (AvgIpc) is 2.56. The van der Waals surface area contributed by atoms with Crippen LogP contribution in [0.1, 0.15) is 31.2 Å². The Morgan fingerprint density at radius 3 is 2.80 bits per heavy atom.